The van der Waals surface area contributed by atoms with E-state index in [2.05, 4.69) is 10.6 Å². The van der Waals surface area contributed by atoms with Gasteiger partial charge in [-0.1, -0.05) is 6.07 Å². The zero-order chi connectivity index (χ0) is 18.0. The van der Waals surface area contributed by atoms with Crippen molar-refractivity contribution < 1.29 is 14.4 Å². The molecule has 6 nitrogen and oxygen atoms in total. The Balaban J connectivity index is 1.71. The van der Waals surface area contributed by atoms with Gasteiger partial charge in [-0.05, 0) is 55.5 Å². The lowest BCUT2D eigenvalue weighted by atomic mass is 10.1. The smallest absolute Gasteiger partial charge is 0.265 e. The molecule has 0 saturated heterocycles. The van der Waals surface area contributed by atoms with E-state index in [0.717, 1.165) is 16.9 Å². The van der Waals surface area contributed by atoms with Crippen LogP contribution in [-0.4, -0.2) is 24.3 Å². The first kappa shape index (κ1) is 17.2. The molecule has 0 unspecified atom stereocenters. The maximum absolute atomic E-state index is 12.4. The predicted octanol–water partition coefficient (Wildman–Crippen LogP) is 2.55. The molecule has 0 radical (unpaired) electrons. The molecule has 130 valence electrons. The number of nitrogens with two attached hydrogens (primary N) is 1. The van der Waals surface area contributed by atoms with Gasteiger partial charge in [-0.2, -0.15) is 0 Å². The molecule has 3 amide bonds. The molecular formula is C18H19N3O3S. The summed E-state index contributed by atoms with van der Waals surface area (Å²) in [6, 6.07) is 8.28. The maximum Gasteiger partial charge on any atom is 0.265 e. The van der Waals surface area contributed by atoms with Crippen molar-refractivity contribution in [1.29, 1.82) is 0 Å². The van der Waals surface area contributed by atoms with Crippen LogP contribution in [0.5, 0.6) is 0 Å². The number of hydrogen-bond acceptors (Lipinski definition) is 4. The van der Waals surface area contributed by atoms with Crippen LogP contribution in [0.3, 0.4) is 0 Å². The fraction of sp³-hybridized carbons (Fsp3) is 0.278. The maximum atomic E-state index is 12.4. The third-order valence-corrected chi connectivity index (χ3v) is 5.17. The second kappa shape index (κ2) is 7.06. The summed E-state index contributed by atoms with van der Waals surface area (Å²) >= 11 is 1.04. The molecule has 1 aliphatic rings. The lowest BCUT2D eigenvalue weighted by Gasteiger charge is -2.10. The van der Waals surface area contributed by atoms with Crippen molar-refractivity contribution in [3.05, 3.63) is 51.2 Å². The molecule has 1 aromatic carbocycles. The average molecular weight is 357 g/mol. The van der Waals surface area contributed by atoms with Gasteiger partial charge < -0.3 is 16.4 Å². The number of rotatable bonds is 6. The zero-order valence-corrected chi connectivity index (χ0v) is 14.6. The molecule has 0 bridgehead atoms. The van der Waals surface area contributed by atoms with Gasteiger partial charge in [0.05, 0.1) is 9.75 Å². The van der Waals surface area contributed by atoms with Gasteiger partial charge in [-0.3, -0.25) is 14.4 Å². The van der Waals surface area contributed by atoms with Gasteiger partial charge in [0.2, 0.25) is 0 Å². The summed E-state index contributed by atoms with van der Waals surface area (Å²) in [5.74, 6) is -0.438. The summed E-state index contributed by atoms with van der Waals surface area (Å²) in [5, 5.41) is 5.70. The van der Waals surface area contributed by atoms with Crippen LogP contribution in [0.2, 0.25) is 0 Å². The SMILES string of the molecule is Cc1ccc(C(=O)NCC2CC2)cc1NC(=O)c1ccc(C(N)=O)s1. The lowest BCUT2D eigenvalue weighted by Crippen LogP contribution is -2.25. The van der Waals surface area contributed by atoms with Crippen LogP contribution in [0, 0.1) is 12.8 Å². The molecule has 4 N–H and O–H groups in total. The van der Waals surface area contributed by atoms with Gasteiger partial charge >= 0.3 is 0 Å². The molecule has 1 fully saturated rings. The van der Waals surface area contributed by atoms with Crippen LogP contribution < -0.4 is 16.4 Å². The number of aryl methyl sites for hydroxylation is 1. The Kier molecular flexibility index (Phi) is 4.85. The Morgan fingerprint density at radius 2 is 1.84 bits per heavy atom. The van der Waals surface area contributed by atoms with Gasteiger partial charge in [0.1, 0.15) is 0 Å². The summed E-state index contributed by atoms with van der Waals surface area (Å²) in [5.41, 5.74) is 7.13. The number of thiophene rings is 1. The van der Waals surface area contributed by atoms with Crippen LogP contribution in [0.1, 0.15) is 48.1 Å². The third kappa shape index (κ3) is 4.24. The highest BCUT2D eigenvalue weighted by molar-refractivity contribution is 7.16. The van der Waals surface area contributed by atoms with Crippen molar-refractivity contribution in [3.63, 3.8) is 0 Å². The minimum Gasteiger partial charge on any atom is -0.365 e. The van der Waals surface area contributed by atoms with Gasteiger partial charge in [0.25, 0.3) is 17.7 Å². The molecule has 1 saturated carbocycles. The van der Waals surface area contributed by atoms with Crippen molar-refractivity contribution >= 4 is 34.7 Å². The molecule has 0 spiro atoms. The highest BCUT2D eigenvalue weighted by Gasteiger charge is 2.22. The van der Waals surface area contributed by atoms with Gasteiger partial charge in [-0.15, -0.1) is 11.3 Å². The van der Waals surface area contributed by atoms with Crippen LogP contribution in [0.4, 0.5) is 5.69 Å². The van der Waals surface area contributed by atoms with E-state index in [1.165, 1.54) is 18.9 Å². The summed E-state index contributed by atoms with van der Waals surface area (Å²) in [7, 11) is 0. The molecule has 7 heteroatoms. The Hall–Kier alpha value is -2.67. The van der Waals surface area contributed by atoms with Crippen molar-refractivity contribution in [1.82, 2.24) is 5.32 Å². The van der Waals surface area contributed by atoms with Crippen LogP contribution >= 0.6 is 11.3 Å². The molecule has 3 rings (SSSR count). The lowest BCUT2D eigenvalue weighted by molar-refractivity contribution is 0.0949. The number of hydrogen-bond donors (Lipinski definition) is 3. The Morgan fingerprint density at radius 1 is 1.12 bits per heavy atom. The van der Waals surface area contributed by atoms with Gasteiger partial charge in [-0.25, -0.2) is 0 Å². The quantitative estimate of drug-likeness (QED) is 0.740. The number of carbonyl (C=O) groups excluding carboxylic acids is 3. The minimum atomic E-state index is -0.561. The number of benzene rings is 1. The van der Waals surface area contributed by atoms with Crippen molar-refractivity contribution in [2.45, 2.75) is 19.8 Å². The van der Waals surface area contributed by atoms with E-state index in [1.54, 1.807) is 24.3 Å². The Morgan fingerprint density at radius 3 is 2.48 bits per heavy atom. The molecule has 1 aliphatic carbocycles. The van der Waals surface area contributed by atoms with Crippen molar-refractivity contribution in [3.8, 4) is 0 Å². The van der Waals surface area contributed by atoms with Crippen LogP contribution in [-0.2, 0) is 0 Å². The average Bonchev–Trinajstić information content (AvgIpc) is 3.27. The largest absolute Gasteiger partial charge is 0.365 e. The van der Waals surface area contributed by atoms with E-state index in [0.29, 0.717) is 33.5 Å². The molecule has 0 atom stereocenters. The Bertz CT molecular complexity index is 840. The third-order valence-electron chi connectivity index (χ3n) is 4.07. The second-order valence-electron chi connectivity index (χ2n) is 6.17. The molecule has 0 aliphatic heterocycles. The molecule has 1 aromatic heterocycles. The van der Waals surface area contributed by atoms with E-state index in [9.17, 15) is 14.4 Å². The fourth-order valence-corrected chi connectivity index (χ4v) is 3.09. The van der Waals surface area contributed by atoms with Gasteiger partial charge in [0.15, 0.2) is 0 Å². The number of amides is 3. The van der Waals surface area contributed by atoms with E-state index < -0.39 is 5.91 Å². The highest BCUT2D eigenvalue weighted by atomic mass is 32.1. The topological polar surface area (TPSA) is 101 Å². The van der Waals surface area contributed by atoms with E-state index in [-0.39, 0.29) is 11.8 Å². The first-order valence-electron chi connectivity index (χ1n) is 8.04. The standard InChI is InChI=1S/C18H19N3O3S/c1-10-2-5-12(17(23)20-9-11-3-4-11)8-13(10)21-18(24)15-7-6-14(25-15)16(19)22/h2,5-8,11H,3-4,9H2,1H3,(H2,19,22)(H,20,23)(H,21,24). The van der Waals surface area contributed by atoms with Gasteiger partial charge in [0, 0.05) is 17.8 Å². The predicted molar refractivity (Wildman–Crippen MR) is 97.0 cm³/mol. The van der Waals surface area contributed by atoms with E-state index in [1.807, 2.05) is 6.92 Å². The molecular weight excluding hydrogens is 338 g/mol. The Labute approximate surface area is 149 Å². The summed E-state index contributed by atoms with van der Waals surface area (Å²) in [4.78, 5) is 36.4. The summed E-state index contributed by atoms with van der Waals surface area (Å²) in [6.45, 7) is 2.55. The number of anilines is 1. The fourth-order valence-electron chi connectivity index (χ4n) is 2.34. The first-order valence-corrected chi connectivity index (χ1v) is 8.85. The van der Waals surface area contributed by atoms with Crippen molar-refractivity contribution in [2.75, 3.05) is 11.9 Å². The first-order chi connectivity index (χ1) is 11.9. The van der Waals surface area contributed by atoms with Crippen LogP contribution in [0.15, 0.2) is 30.3 Å². The molecule has 1 heterocycles. The van der Waals surface area contributed by atoms with E-state index in [4.69, 9.17) is 5.73 Å². The van der Waals surface area contributed by atoms with E-state index >= 15 is 0 Å². The summed E-state index contributed by atoms with van der Waals surface area (Å²) in [6.07, 6.45) is 2.34. The van der Waals surface area contributed by atoms with Crippen molar-refractivity contribution in [2.24, 2.45) is 11.7 Å². The molecule has 25 heavy (non-hydrogen) atoms. The normalized spacial score (nSPS) is 13.3. The zero-order valence-electron chi connectivity index (χ0n) is 13.8. The minimum absolute atomic E-state index is 0.144. The summed E-state index contributed by atoms with van der Waals surface area (Å²) < 4.78 is 0. The number of primary amides is 1. The molecule has 2 aromatic rings. The monoisotopic (exact) mass is 357 g/mol. The number of nitrogens with one attached hydrogen (secondary N) is 2. The second-order valence-corrected chi connectivity index (χ2v) is 7.25. The van der Waals surface area contributed by atoms with Crippen LogP contribution in [0.25, 0.3) is 0 Å². The highest BCUT2D eigenvalue weighted by Crippen LogP contribution is 2.27. The number of carbonyl (C=O) groups is 3.